The number of carbonyl (C=O) groups excluding carboxylic acids is 3. The van der Waals surface area contributed by atoms with Crippen LogP contribution in [0, 0.1) is 0 Å². The molecule has 2 amide bonds. The highest BCUT2D eigenvalue weighted by atomic mass is 16.6. The molecule has 134 valence electrons. The Labute approximate surface area is 137 Å². The van der Waals surface area contributed by atoms with E-state index in [1.54, 1.807) is 13.8 Å². The van der Waals surface area contributed by atoms with Crippen LogP contribution in [0.5, 0.6) is 0 Å². The zero-order valence-electron chi connectivity index (χ0n) is 14.2. The number of amides is 2. The van der Waals surface area contributed by atoms with E-state index in [1.165, 1.54) is 0 Å². The molecule has 23 heavy (non-hydrogen) atoms. The Kier molecular flexibility index (Phi) is 12.7. The number of nitrogens with one attached hydrogen (secondary N) is 2. The fraction of sp³-hybridized carbons (Fsp3) is 0.800. The highest BCUT2D eigenvalue weighted by molar-refractivity contribution is 5.77. The van der Waals surface area contributed by atoms with E-state index < -0.39 is 18.3 Å². The highest BCUT2D eigenvalue weighted by Gasteiger charge is 2.15. The molecule has 0 rings (SSSR count). The molecule has 0 saturated carbocycles. The Morgan fingerprint density at radius 2 is 1.43 bits per heavy atom. The van der Waals surface area contributed by atoms with Crippen LogP contribution in [0.25, 0.3) is 0 Å². The van der Waals surface area contributed by atoms with Crippen LogP contribution in [-0.4, -0.2) is 57.0 Å². The summed E-state index contributed by atoms with van der Waals surface area (Å²) in [6.45, 7) is 6.54. The summed E-state index contributed by atoms with van der Waals surface area (Å²) in [5.74, 6) is 0.169. The lowest BCUT2D eigenvalue weighted by Crippen LogP contribution is -2.34. The molecular formula is C15H28N2O6. The third kappa shape index (κ3) is 12.4. The van der Waals surface area contributed by atoms with Gasteiger partial charge in [0.15, 0.2) is 0 Å². The maximum atomic E-state index is 11.3. The van der Waals surface area contributed by atoms with E-state index in [0.717, 1.165) is 0 Å². The first-order chi connectivity index (χ1) is 11.0. The van der Waals surface area contributed by atoms with E-state index in [-0.39, 0.29) is 19.0 Å². The second kappa shape index (κ2) is 13.8. The van der Waals surface area contributed by atoms with Gasteiger partial charge < -0.3 is 24.8 Å². The number of ketones is 1. The van der Waals surface area contributed by atoms with Gasteiger partial charge in [-0.2, -0.15) is 0 Å². The van der Waals surface area contributed by atoms with Crippen molar-refractivity contribution in [1.29, 1.82) is 0 Å². The monoisotopic (exact) mass is 332 g/mol. The summed E-state index contributed by atoms with van der Waals surface area (Å²) in [6, 6.07) is 0. The molecule has 0 fully saturated rings. The van der Waals surface area contributed by atoms with Gasteiger partial charge in [0.25, 0.3) is 0 Å². The molecule has 0 atom stereocenters. The minimum atomic E-state index is -0.572. The van der Waals surface area contributed by atoms with Gasteiger partial charge in [-0.25, -0.2) is 9.59 Å². The van der Waals surface area contributed by atoms with Gasteiger partial charge in [0.1, 0.15) is 25.1 Å². The quantitative estimate of drug-likeness (QED) is 0.527. The SMILES string of the molecule is CCNC(=O)OCC(COC(=O)NCC)OCCCC(=O)CC. The highest BCUT2D eigenvalue weighted by Crippen LogP contribution is 2.01. The minimum Gasteiger partial charge on any atom is -0.447 e. The first-order valence-corrected chi connectivity index (χ1v) is 7.97. The van der Waals surface area contributed by atoms with Crippen LogP contribution < -0.4 is 10.6 Å². The van der Waals surface area contributed by atoms with Gasteiger partial charge in [0.2, 0.25) is 0 Å². The summed E-state index contributed by atoms with van der Waals surface area (Å²) < 4.78 is 15.5. The predicted molar refractivity (Wildman–Crippen MR) is 84.3 cm³/mol. The van der Waals surface area contributed by atoms with Crippen LogP contribution in [0.4, 0.5) is 9.59 Å². The van der Waals surface area contributed by atoms with Crippen molar-refractivity contribution in [2.45, 2.75) is 46.1 Å². The number of Topliss-reactive ketones (excluding diaryl/α,β-unsaturated/α-hetero) is 1. The largest absolute Gasteiger partial charge is 0.447 e. The second-order valence-corrected chi connectivity index (χ2v) is 4.75. The molecule has 0 aliphatic carbocycles. The van der Waals surface area contributed by atoms with E-state index in [0.29, 0.717) is 39.0 Å². The molecule has 0 unspecified atom stereocenters. The molecule has 0 aromatic carbocycles. The molecule has 8 heteroatoms. The van der Waals surface area contributed by atoms with Crippen molar-refractivity contribution in [3.8, 4) is 0 Å². The van der Waals surface area contributed by atoms with Crippen LogP contribution in [0.15, 0.2) is 0 Å². The van der Waals surface area contributed by atoms with Crippen LogP contribution in [0.3, 0.4) is 0 Å². The van der Waals surface area contributed by atoms with Crippen molar-refractivity contribution in [2.24, 2.45) is 0 Å². The minimum absolute atomic E-state index is 0.0348. The number of rotatable bonds is 12. The third-order valence-corrected chi connectivity index (χ3v) is 2.79. The van der Waals surface area contributed by atoms with Gasteiger partial charge in [-0.3, -0.25) is 4.79 Å². The van der Waals surface area contributed by atoms with E-state index in [1.807, 2.05) is 6.92 Å². The molecule has 0 radical (unpaired) electrons. The van der Waals surface area contributed by atoms with Crippen molar-refractivity contribution in [1.82, 2.24) is 10.6 Å². The standard InChI is InChI=1S/C15H28N2O6/c1-4-12(18)8-7-9-21-13(10-22-14(19)16-5-2)11-23-15(20)17-6-3/h13H,4-11H2,1-3H3,(H,16,19)(H,17,20). The molecule has 0 aromatic heterocycles. The van der Waals surface area contributed by atoms with Crippen molar-refractivity contribution in [2.75, 3.05) is 32.9 Å². The first kappa shape index (κ1) is 21.2. The van der Waals surface area contributed by atoms with Crippen LogP contribution in [0.1, 0.15) is 40.0 Å². The fourth-order valence-electron chi connectivity index (χ4n) is 1.57. The van der Waals surface area contributed by atoms with Crippen molar-refractivity contribution in [3.63, 3.8) is 0 Å². The Morgan fingerprint density at radius 1 is 0.913 bits per heavy atom. The molecule has 8 nitrogen and oxygen atoms in total. The molecule has 0 heterocycles. The van der Waals surface area contributed by atoms with Crippen LogP contribution >= 0.6 is 0 Å². The number of hydrogen-bond acceptors (Lipinski definition) is 6. The van der Waals surface area contributed by atoms with E-state index in [4.69, 9.17) is 14.2 Å². The zero-order valence-corrected chi connectivity index (χ0v) is 14.2. The number of carbonyl (C=O) groups is 3. The Balaban J connectivity index is 4.17. The summed E-state index contributed by atoms with van der Waals surface area (Å²) >= 11 is 0. The predicted octanol–water partition coefficient (Wildman–Crippen LogP) is 1.62. The molecule has 0 spiro atoms. The summed E-state index contributed by atoms with van der Waals surface area (Å²) in [7, 11) is 0. The van der Waals surface area contributed by atoms with Gasteiger partial charge in [-0.05, 0) is 20.3 Å². The Morgan fingerprint density at radius 3 is 1.87 bits per heavy atom. The van der Waals surface area contributed by atoms with Gasteiger partial charge in [-0.1, -0.05) is 6.92 Å². The summed E-state index contributed by atoms with van der Waals surface area (Å²) in [5.41, 5.74) is 0. The van der Waals surface area contributed by atoms with Gasteiger partial charge >= 0.3 is 12.2 Å². The summed E-state index contributed by atoms with van der Waals surface area (Å²) in [5, 5.41) is 4.99. The number of hydrogen-bond donors (Lipinski definition) is 2. The van der Waals surface area contributed by atoms with Gasteiger partial charge in [0.05, 0.1) is 0 Å². The van der Waals surface area contributed by atoms with Gasteiger partial charge in [0, 0.05) is 32.5 Å². The maximum absolute atomic E-state index is 11.3. The lowest BCUT2D eigenvalue weighted by Gasteiger charge is -2.18. The van der Waals surface area contributed by atoms with Crippen LogP contribution in [-0.2, 0) is 19.0 Å². The fourth-order valence-corrected chi connectivity index (χ4v) is 1.57. The van der Waals surface area contributed by atoms with E-state index >= 15 is 0 Å². The maximum Gasteiger partial charge on any atom is 0.407 e. The van der Waals surface area contributed by atoms with Gasteiger partial charge in [-0.15, -0.1) is 0 Å². The lowest BCUT2D eigenvalue weighted by molar-refractivity contribution is -0.119. The summed E-state index contributed by atoms with van der Waals surface area (Å²) in [6.07, 6.45) is -0.162. The Bertz CT molecular complexity index is 340. The molecule has 0 saturated heterocycles. The topological polar surface area (TPSA) is 103 Å². The van der Waals surface area contributed by atoms with Crippen LogP contribution in [0.2, 0.25) is 0 Å². The van der Waals surface area contributed by atoms with Crippen molar-refractivity contribution < 1.29 is 28.6 Å². The molecule has 0 bridgehead atoms. The molecule has 0 aliphatic heterocycles. The average Bonchev–Trinajstić information content (AvgIpc) is 2.53. The molecule has 0 aromatic rings. The second-order valence-electron chi connectivity index (χ2n) is 4.75. The molecular weight excluding hydrogens is 304 g/mol. The molecule has 0 aliphatic rings. The normalized spacial score (nSPS) is 10.3. The van der Waals surface area contributed by atoms with Crippen molar-refractivity contribution >= 4 is 18.0 Å². The number of alkyl carbamates (subject to hydrolysis) is 2. The first-order valence-electron chi connectivity index (χ1n) is 7.97. The van der Waals surface area contributed by atoms with Crippen molar-refractivity contribution in [3.05, 3.63) is 0 Å². The van der Waals surface area contributed by atoms with E-state index in [9.17, 15) is 14.4 Å². The molecule has 2 N–H and O–H groups in total. The van der Waals surface area contributed by atoms with E-state index in [2.05, 4.69) is 10.6 Å². The average molecular weight is 332 g/mol. The Hall–Kier alpha value is -1.83. The lowest BCUT2D eigenvalue weighted by atomic mass is 10.2. The zero-order chi connectivity index (χ0) is 17.5. The third-order valence-electron chi connectivity index (χ3n) is 2.79. The number of ether oxygens (including phenoxy) is 3. The summed E-state index contributed by atoms with van der Waals surface area (Å²) in [4.78, 5) is 33.8. The smallest absolute Gasteiger partial charge is 0.407 e.